The highest BCUT2D eigenvalue weighted by Crippen LogP contribution is 2.07. The average Bonchev–Trinajstić information content (AvgIpc) is 3.09. The molecule has 2 N–H and O–H groups in total. The lowest BCUT2D eigenvalue weighted by Crippen LogP contribution is -2.38. The summed E-state index contributed by atoms with van der Waals surface area (Å²) in [5, 5.41) is 11.2. The Morgan fingerprint density at radius 2 is 1.84 bits per heavy atom. The van der Waals surface area contributed by atoms with Crippen LogP contribution in [0.3, 0.4) is 0 Å². The first-order chi connectivity index (χ1) is 15.0. The van der Waals surface area contributed by atoms with Crippen molar-refractivity contribution >= 4 is 5.96 Å². The lowest BCUT2D eigenvalue weighted by Gasteiger charge is -2.12. The third kappa shape index (κ3) is 6.84. The van der Waals surface area contributed by atoms with E-state index in [0.717, 1.165) is 48.8 Å². The standard InChI is InChI=1S/C24H32N6O/c1-4-25-24(26-13-7-15-30-20(3)16-19(2)28-30)27-17-21-9-11-22(12-10-21)18-29-14-6-5-8-23(29)31/h5-6,8-12,14,16H,4,7,13,15,17-18H2,1-3H3,(H2,25,26,27). The van der Waals surface area contributed by atoms with Gasteiger partial charge in [-0.2, -0.15) is 5.10 Å². The third-order valence-electron chi connectivity index (χ3n) is 4.98. The van der Waals surface area contributed by atoms with E-state index in [9.17, 15) is 4.79 Å². The van der Waals surface area contributed by atoms with Crippen LogP contribution in [0.4, 0.5) is 0 Å². The van der Waals surface area contributed by atoms with E-state index in [2.05, 4.69) is 59.9 Å². The number of nitrogens with one attached hydrogen (secondary N) is 2. The lowest BCUT2D eigenvalue weighted by molar-refractivity contribution is 0.555. The van der Waals surface area contributed by atoms with E-state index < -0.39 is 0 Å². The molecule has 0 amide bonds. The minimum atomic E-state index is 0.00962. The molecule has 2 heterocycles. The molecule has 0 saturated carbocycles. The van der Waals surface area contributed by atoms with Gasteiger partial charge in [0.15, 0.2) is 5.96 Å². The number of hydrogen-bond donors (Lipinski definition) is 2. The van der Waals surface area contributed by atoms with Gasteiger partial charge in [0.2, 0.25) is 0 Å². The average molecular weight is 421 g/mol. The first-order valence-corrected chi connectivity index (χ1v) is 10.8. The summed E-state index contributed by atoms with van der Waals surface area (Å²) in [5.74, 6) is 0.816. The SMILES string of the molecule is CCNC(=NCc1ccc(Cn2ccccc2=O)cc1)NCCCn1nc(C)cc1C. The van der Waals surface area contributed by atoms with E-state index in [1.807, 2.05) is 23.9 Å². The Balaban J connectivity index is 1.50. The van der Waals surface area contributed by atoms with Gasteiger partial charge >= 0.3 is 0 Å². The molecule has 1 aromatic carbocycles. The van der Waals surface area contributed by atoms with Gasteiger partial charge in [-0.25, -0.2) is 4.99 Å². The van der Waals surface area contributed by atoms with Crippen LogP contribution in [0.5, 0.6) is 0 Å². The Bertz CT molecular complexity index is 1050. The van der Waals surface area contributed by atoms with Gasteiger partial charge in [-0.3, -0.25) is 9.48 Å². The van der Waals surface area contributed by atoms with Crippen LogP contribution >= 0.6 is 0 Å². The van der Waals surface area contributed by atoms with E-state index in [-0.39, 0.29) is 5.56 Å². The van der Waals surface area contributed by atoms with E-state index in [0.29, 0.717) is 13.1 Å². The Labute approximate surface area is 183 Å². The van der Waals surface area contributed by atoms with Gasteiger partial charge in [0.05, 0.1) is 18.8 Å². The van der Waals surface area contributed by atoms with Gasteiger partial charge in [-0.05, 0) is 50.5 Å². The van der Waals surface area contributed by atoms with Gasteiger partial charge in [0.25, 0.3) is 5.56 Å². The molecule has 164 valence electrons. The van der Waals surface area contributed by atoms with Crippen molar-refractivity contribution in [1.29, 1.82) is 0 Å². The Morgan fingerprint density at radius 3 is 2.52 bits per heavy atom. The molecule has 7 nitrogen and oxygen atoms in total. The van der Waals surface area contributed by atoms with E-state index >= 15 is 0 Å². The number of guanidine groups is 1. The second kappa shape index (κ2) is 11.2. The summed E-state index contributed by atoms with van der Waals surface area (Å²) in [5.41, 5.74) is 4.48. The molecule has 0 aliphatic rings. The van der Waals surface area contributed by atoms with Crippen LogP contribution in [0, 0.1) is 13.8 Å². The summed E-state index contributed by atoms with van der Waals surface area (Å²) in [6.45, 7) is 9.86. The maximum absolute atomic E-state index is 11.9. The first kappa shape index (κ1) is 22.3. The summed E-state index contributed by atoms with van der Waals surface area (Å²) < 4.78 is 3.75. The molecule has 0 aliphatic carbocycles. The van der Waals surface area contributed by atoms with Crippen molar-refractivity contribution in [1.82, 2.24) is 25.0 Å². The summed E-state index contributed by atoms with van der Waals surface area (Å²) in [7, 11) is 0. The van der Waals surface area contributed by atoms with Gasteiger partial charge in [0, 0.05) is 37.6 Å². The lowest BCUT2D eigenvalue weighted by atomic mass is 10.1. The second-order valence-corrected chi connectivity index (χ2v) is 7.61. The quantitative estimate of drug-likeness (QED) is 0.317. The summed E-state index contributed by atoms with van der Waals surface area (Å²) in [6, 6.07) is 15.6. The van der Waals surface area contributed by atoms with Crippen molar-refractivity contribution in [3.8, 4) is 0 Å². The second-order valence-electron chi connectivity index (χ2n) is 7.61. The Hall–Kier alpha value is -3.35. The minimum absolute atomic E-state index is 0.00962. The number of rotatable bonds is 9. The highest BCUT2D eigenvalue weighted by Gasteiger charge is 2.02. The number of aromatic nitrogens is 3. The molecule has 0 atom stereocenters. The fraction of sp³-hybridized carbons (Fsp3) is 0.375. The van der Waals surface area contributed by atoms with E-state index in [1.165, 1.54) is 5.69 Å². The molecule has 0 saturated heterocycles. The molecule has 3 rings (SSSR count). The topological polar surface area (TPSA) is 76.2 Å². The number of aliphatic imine (C=N–C) groups is 1. The highest BCUT2D eigenvalue weighted by atomic mass is 16.1. The van der Waals surface area contributed by atoms with Gasteiger partial charge in [0.1, 0.15) is 0 Å². The maximum atomic E-state index is 11.9. The van der Waals surface area contributed by atoms with Crippen LogP contribution in [-0.4, -0.2) is 33.4 Å². The molecule has 0 aliphatic heterocycles. The number of benzene rings is 1. The van der Waals surface area contributed by atoms with Crippen molar-refractivity contribution in [3.63, 3.8) is 0 Å². The number of pyridine rings is 1. The number of nitrogens with zero attached hydrogens (tertiary/aromatic N) is 4. The minimum Gasteiger partial charge on any atom is -0.357 e. The molecule has 0 fully saturated rings. The van der Waals surface area contributed by atoms with Crippen LogP contribution in [-0.2, 0) is 19.6 Å². The van der Waals surface area contributed by atoms with Crippen molar-refractivity contribution in [2.75, 3.05) is 13.1 Å². The van der Waals surface area contributed by atoms with Crippen LogP contribution < -0.4 is 16.2 Å². The Kier molecular flexibility index (Phi) is 8.04. The van der Waals surface area contributed by atoms with Crippen molar-refractivity contribution < 1.29 is 0 Å². The predicted molar refractivity (Wildman–Crippen MR) is 125 cm³/mol. The zero-order chi connectivity index (χ0) is 22.1. The van der Waals surface area contributed by atoms with Crippen molar-refractivity contribution in [3.05, 3.63) is 87.6 Å². The summed E-state index contributed by atoms with van der Waals surface area (Å²) in [4.78, 5) is 16.6. The van der Waals surface area contributed by atoms with Gasteiger partial charge in [-0.15, -0.1) is 0 Å². The molecule has 0 spiro atoms. The normalized spacial score (nSPS) is 11.5. The van der Waals surface area contributed by atoms with Crippen LogP contribution in [0.1, 0.15) is 35.9 Å². The zero-order valence-electron chi connectivity index (χ0n) is 18.6. The molecule has 7 heteroatoms. The Morgan fingerprint density at radius 1 is 1.06 bits per heavy atom. The van der Waals surface area contributed by atoms with Crippen LogP contribution in [0.25, 0.3) is 0 Å². The van der Waals surface area contributed by atoms with Crippen molar-refractivity contribution in [2.24, 2.45) is 4.99 Å². The first-order valence-electron chi connectivity index (χ1n) is 10.8. The smallest absolute Gasteiger partial charge is 0.250 e. The van der Waals surface area contributed by atoms with E-state index in [4.69, 9.17) is 4.99 Å². The molecule has 0 bridgehead atoms. The van der Waals surface area contributed by atoms with E-state index in [1.54, 1.807) is 16.7 Å². The highest BCUT2D eigenvalue weighted by molar-refractivity contribution is 5.79. The predicted octanol–water partition coefficient (Wildman–Crippen LogP) is 2.86. The molecule has 0 radical (unpaired) electrons. The van der Waals surface area contributed by atoms with Gasteiger partial charge < -0.3 is 15.2 Å². The molecular weight excluding hydrogens is 388 g/mol. The third-order valence-corrected chi connectivity index (χ3v) is 4.98. The fourth-order valence-corrected chi connectivity index (χ4v) is 3.39. The summed E-state index contributed by atoms with van der Waals surface area (Å²) >= 11 is 0. The zero-order valence-corrected chi connectivity index (χ0v) is 18.6. The monoisotopic (exact) mass is 420 g/mol. The molecule has 3 aromatic rings. The maximum Gasteiger partial charge on any atom is 0.250 e. The van der Waals surface area contributed by atoms with Gasteiger partial charge in [-0.1, -0.05) is 30.3 Å². The molecule has 2 aromatic heterocycles. The number of hydrogen-bond acceptors (Lipinski definition) is 3. The molecular formula is C24H32N6O. The molecule has 31 heavy (non-hydrogen) atoms. The largest absolute Gasteiger partial charge is 0.357 e. The molecule has 0 unspecified atom stereocenters. The summed E-state index contributed by atoms with van der Waals surface area (Å²) in [6.07, 6.45) is 2.78. The number of aryl methyl sites for hydroxylation is 3. The van der Waals surface area contributed by atoms with Crippen LogP contribution in [0.2, 0.25) is 0 Å². The fourth-order valence-electron chi connectivity index (χ4n) is 3.39. The van der Waals surface area contributed by atoms with Crippen molar-refractivity contribution in [2.45, 2.75) is 46.8 Å². The van der Waals surface area contributed by atoms with Crippen LogP contribution in [0.15, 0.2) is 64.5 Å².